The van der Waals surface area contributed by atoms with Gasteiger partial charge in [-0.05, 0) is 13.3 Å². The summed E-state index contributed by atoms with van der Waals surface area (Å²) in [6.45, 7) is 6.78. The molecule has 1 aromatic heterocycles. The Bertz CT molecular complexity index is 326. The molecule has 0 bridgehead atoms. The van der Waals surface area contributed by atoms with Crippen molar-refractivity contribution in [2.24, 2.45) is 0 Å². The van der Waals surface area contributed by atoms with Gasteiger partial charge in [0.1, 0.15) is 11.6 Å². The second-order valence-electron chi connectivity index (χ2n) is 3.37. The van der Waals surface area contributed by atoms with Crippen molar-refractivity contribution < 1.29 is 4.74 Å². The first-order chi connectivity index (χ1) is 7.22. The Morgan fingerprint density at radius 2 is 2.00 bits per heavy atom. The van der Waals surface area contributed by atoms with E-state index in [2.05, 4.69) is 22.2 Å². The molecule has 0 amide bonds. The van der Waals surface area contributed by atoms with E-state index in [9.17, 15) is 0 Å². The van der Waals surface area contributed by atoms with Gasteiger partial charge in [0.05, 0.1) is 12.2 Å². The first kappa shape index (κ1) is 11.8. The minimum atomic E-state index is 0.699. The summed E-state index contributed by atoms with van der Waals surface area (Å²) in [6.07, 6.45) is 1.80. The van der Waals surface area contributed by atoms with E-state index in [-0.39, 0.29) is 0 Å². The topological polar surface area (TPSA) is 47.0 Å². The SMILES string of the molecule is CCCOc1nc(CC)nc(NC)c1C. The van der Waals surface area contributed by atoms with Crippen LogP contribution in [0.3, 0.4) is 0 Å². The highest BCUT2D eigenvalue weighted by Gasteiger charge is 2.09. The lowest BCUT2D eigenvalue weighted by atomic mass is 10.3. The molecule has 1 N–H and O–H groups in total. The molecule has 0 atom stereocenters. The molecule has 1 rings (SSSR count). The Morgan fingerprint density at radius 1 is 1.27 bits per heavy atom. The van der Waals surface area contributed by atoms with Crippen molar-refractivity contribution >= 4 is 5.82 Å². The van der Waals surface area contributed by atoms with E-state index in [1.54, 1.807) is 0 Å². The van der Waals surface area contributed by atoms with Gasteiger partial charge in [0.25, 0.3) is 0 Å². The first-order valence-corrected chi connectivity index (χ1v) is 5.40. The Balaban J connectivity index is 3.01. The molecule has 0 unspecified atom stereocenters. The Kier molecular flexibility index (Phi) is 4.34. The van der Waals surface area contributed by atoms with Crippen LogP contribution in [0.25, 0.3) is 0 Å². The number of hydrogen-bond donors (Lipinski definition) is 1. The summed E-state index contributed by atoms with van der Waals surface area (Å²) in [6, 6.07) is 0. The zero-order valence-electron chi connectivity index (χ0n) is 9.92. The highest BCUT2D eigenvalue weighted by atomic mass is 16.5. The average molecular weight is 209 g/mol. The highest BCUT2D eigenvalue weighted by Crippen LogP contribution is 2.21. The molecule has 84 valence electrons. The van der Waals surface area contributed by atoms with Crippen molar-refractivity contribution in [2.45, 2.75) is 33.6 Å². The van der Waals surface area contributed by atoms with Gasteiger partial charge in [0.2, 0.25) is 5.88 Å². The fourth-order valence-electron chi connectivity index (χ4n) is 1.28. The summed E-state index contributed by atoms with van der Waals surface area (Å²) in [4.78, 5) is 8.74. The lowest BCUT2D eigenvalue weighted by molar-refractivity contribution is 0.301. The largest absolute Gasteiger partial charge is 0.477 e. The maximum Gasteiger partial charge on any atom is 0.221 e. The maximum atomic E-state index is 5.58. The van der Waals surface area contributed by atoms with Crippen molar-refractivity contribution in [3.63, 3.8) is 0 Å². The average Bonchev–Trinajstić information content (AvgIpc) is 2.27. The minimum Gasteiger partial charge on any atom is -0.477 e. The number of aryl methyl sites for hydroxylation is 1. The molecular formula is C11H19N3O. The Hall–Kier alpha value is -1.32. The fourth-order valence-corrected chi connectivity index (χ4v) is 1.28. The van der Waals surface area contributed by atoms with Crippen molar-refractivity contribution in [1.29, 1.82) is 0 Å². The summed E-state index contributed by atoms with van der Waals surface area (Å²) in [5.74, 6) is 2.37. The lowest BCUT2D eigenvalue weighted by Gasteiger charge is -2.11. The van der Waals surface area contributed by atoms with Gasteiger partial charge in [-0.2, -0.15) is 4.98 Å². The van der Waals surface area contributed by atoms with Crippen LogP contribution in [-0.4, -0.2) is 23.6 Å². The van der Waals surface area contributed by atoms with E-state index >= 15 is 0 Å². The molecule has 1 aromatic rings. The van der Waals surface area contributed by atoms with Gasteiger partial charge in [-0.15, -0.1) is 0 Å². The number of ether oxygens (including phenoxy) is 1. The number of aromatic nitrogens is 2. The van der Waals surface area contributed by atoms with E-state index in [1.165, 1.54) is 0 Å². The number of rotatable bonds is 5. The van der Waals surface area contributed by atoms with Gasteiger partial charge in [-0.1, -0.05) is 13.8 Å². The predicted molar refractivity (Wildman–Crippen MR) is 61.5 cm³/mol. The van der Waals surface area contributed by atoms with Crippen molar-refractivity contribution in [3.8, 4) is 5.88 Å². The molecule has 0 aliphatic carbocycles. The standard InChI is InChI=1S/C11H19N3O/c1-5-7-15-11-8(3)10(12-4)13-9(6-2)14-11/h5-7H2,1-4H3,(H,12,13,14). The zero-order chi connectivity index (χ0) is 11.3. The van der Waals surface area contributed by atoms with Gasteiger partial charge >= 0.3 is 0 Å². The molecule has 0 aromatic carbocycles. The van der Waals surface area contributed by atoms with Crippen LogP contribution in [0.5, 0.6) is 5.88 Å². The van der Waals surface area contributed by atoms with E-state index in [1.807, 2.05) is 20.9 Å². The summed E-state index contributed by atoms with van der Waals surface area (Å²) >= 11 is 0. The predicted octanol–water partition coefficient (Wildman–Crippen LogP) is 2.18. The monoisotopic (exact) mass is 209 g/mol. The third-order valence-electron chi connectivity index (χ3n) is 2.14. The van der Waals surface area contributed by atoms with Gasteiger partial charge in [-0.3, -0.25) is 0 Å². The lowest BCUT2D eigenvalue weighted by Crippen LogP contribution is -2.07. The van der Waals surface area contributed by atoms with E-state index < -0.39 is 0 Å². The Morgan fingerprint density at radius 3 is 2.53 bits per heavy atom. The van der Waals surface area contributed by atoms with Crippen LogP contribution in [0.4, 0.5) is 5.82 Å². The second-order valence-corrected chi connectivity index (χ2v) is 3.37. The van der Waals surface area contributed by atoms with Gasteiger partial charge in [0, 0.05) is 13.5 Å². The molecule has 1 heterocycles. The quantitative estimate of drug-likeness (QED) is 0.807. The van der Waals surface area contributed by atoms with Crippen LogP contribution in [0.15, 0.2) is 0 Å². The van der Waals surface area contributed by atoms with Crippen LogP contribution in [0, 0.1) is 6.92 Å². The first-order valence-electron chi connectivity index (χ1n) is 5.40. The van der Waals surface area contributed by atoms with Gasteiger partial charge < -0.3 is 10.1 Å². The van der Waals surface area contributed by atoms with Crippen molar-refractivity contribution in [3.05, 3.63) is 11.4 Å². The van der Waals surface area contributed by atoms with Crippen molar-refractivity contribution in [1.82, 2.24) is 9.97 Å². The third kappa shape index (κ3) is 2.81. The summed E-state index contributed by atoms with van der Waals surface area (Å²) in [7, 11) is 1.86. The van der Waals surface area contributed by atoms with E-state index in [4.69, 9.17) is 4.74 Å². The molecule has 0 saturated heterocycles. The van der Waals surface area contributed by atoms with Crippen LogP contribution in [0.1, 0.15) is 31.7 Å². The van der Waals surface area contributed by atoms with Crippen LogP contribution in [-0.2, 0) is 6.42 Å². The molecule has 0 aliphatic rings. The van der Waals surface area contributed by atoms with E-state index in [0.717, 1.165) is 30.0 Å². The third-order valence-corrected chi connectivity index (χ3v) is 2.14. The molecule has 0 spiro atoms. The molecule has 0 fully saturated rings. The number of anilines is 1. The highest BCUT2D eigenvalue weighted by molar-refractivity contribution is 5.48. The molecule has 15 heavy (non-hydrogen) atoms. The molecule has 4 heteroatoms. The number of hydrogen-bond acceptors (Lipinski definition) is 4. The number of nitrogens with zero attached hydrogens (tertiary/aromatic N) is 2. The van der Waals surface area contributed by atoms with Gasteiger partial charge in [0.15, 0.2) is 0 Å². The molecule has 0 aliphatic heterocycles. The van der Waals surface area contributed by atoms with Crippen LogP contribution < -0.4 is 10.1 Å². The zero-order valence-corrected chi connectivity index (χ0v) is 9.92. The molecular weight excluding hydrogens is 190 g/mol. The summed E-state index contributed by atoms with van der Waals surface area (Å²) in [5.41, 5.74) is 0.975. The van der Waals surface area contributed by atoms with E-state index in [0.29, 0.717) is 12.5 Å². The molecule has 4 nitrogen and oxygen atoms in total. The minimum absolute atomic E-state index is 0.699. The van der Waals surface area contributed by atoms with Gasteiger partial charge in [-0.25, -0.2) is 4.98 Å². The normalized spacial score (nSPS) is 10.1. The number of nitrogens with one attached hydrogen (secondary N) is 1. The summed E-state index contributed by atoms with van der Waals surface area (Å²) < 4.78 is 5.58. The van der Waals surface area contributed by atoms with Crippen molar-refractivity contribution in [2.75, 3.05) is 19.0 Å². The maximum absolute atomic E-state index is 5.58. The smallest absolute Gasteiger partial charge is 0.221 e. The fraction of sp³-hybridized carbons (Fsp3) is 0.636. The second kappa shape index (κ2) is 5.53. The molecule has 0 saturated carbocycles. The molecule has 0 radical (unpaired) electrons. The Labute approximate surface area is 91.1 Å². The van der Waals surface area contributed by atoms with Crippen LogP contribution in [0.2, 0.25) is 0 Å². The van der Waals surface area contributed by atoms with Crippen LogP contribution >= 0.6 is 0 Å². The summed E-state index contributed by atoms with van der Waals surface area (Å²) in [5, 5.41) is 3.06.